The van der Waals surface area contributed by atoms with Gasteiger partial charge in [-0.05, 0) is 33.6 Å². The van der Waals surface area contributed by atoms with Crippen LogP contribution in [0.2, 0.25) is 0 Å². The first-order valence-corrected chi connectivity index (χ1v) is 10.4. The summed E-state index contributed by atoms with van der Waals surface area (Å²) in [6, 6.07) is 0. The molecule has 2 rings (SSSR count). The number of ether oxygens (including phenoxy) is 4. The minimum atomic E-state index is -1.57. The van der Waals surface area contributed by atoms with E-state index in [0.717, 1.165) is 5.57 Å². The van der Waals surface area contributed by atoms with E-state index in [-0.39, 0.29) is 6.61 Å². The summed E-state index contributed by atoms with van der Waals surface area (Å²) in [6.07, 6.45) is -7.06. The van der Waals surface area contributed by atoms with Crippen molar-refractivity contribution in [3.8, 4) is 0 Å². The Morgan fingerprint density at radius 2 is 1.52 bits per heavy atom. The molecule has 0 spiro atoms. The van der Waals surface area contributed by atoms with Crippen LogP contribution in [0.4, 0.5) is 0 Å². The first-order valence-electron chi connectivity index (χ1n) is 10.4. The lowest BCUT2D eigenvalue weighted by Crippen LogP contribution is -2.60. The summed E-state index contributed by atoms with van der Waals surface area (Å²) in [5.74, 6) is 0. The van der Waals surface area contributed by atoms with Gasteiger partial charge in [-0.3, -0.25) is 0 Å². The molecule has 2 saturated heterocycles. The Balaban J connectivity index is 2.01. The van der Waals surface area contributed by atoms with Crippen LogP contribution >= 0.6 is 0 Å². The van der Waals surface area contributed by atoms with E-state index >= 15 is 0 Å². The van der Waals surface area contributed by atoms with Gasteiger partial charge in [0.25, 0.3) is 0 Å². The monoisotopic (exact) mass is 448 g/mol. The Morgan fingerprint density at radius 3 is 2.06 bits per heavy atom. The molecule has 0 bridgehead atoms. The molecule has 2 aliphatic heterocycles. The van der Waals surface area contributed by atoms with Crippen LogP contribution in [-0.2, 0) is 18.9 Å². The molecular weight excluding hydrogens is 412 g/mol. The van der Waals surface area contributed by atoms with Crippen molar-refractivity contribution in [2.24, 2.45) is 0 Å². The van der Waals surface area contributed by atoms with Crippen LogP contribution in [0.1, 0.15) is 33.6 Å². The van der Waals surface area contributed by atoms with Crippen molar-refractivity contribution in [1.29, 1.82) is 0 Å². The zero-order valence-corrected chi connectivity index (χ0v) is 18.2. The van der Waals surface area contributed by atoms with E-state index in [1.165, 1.54) is 0 Å². The molecule has 2 aliphatic rings. The smallest absolute Gasteiger partial charge is 0.187 e. The van der Waals surface area contributed by atoms with Gasteiger partial charge >= 0.3 is 0 Å². The Labute approximate surface area is 182 Å². The fourth-order valence-corrected chi connectivity index (χ4v) is 3.47. The van der Waals surface area contributed by atoms with Crippen molar-refractivity contribution in [3.63, 3.8) is 0 Å². The number of rotatable bonds is 10. The van der Waals surface area contributed by atoms with Gasteiger partial charge in [0.05, 0.1) is 18.8 Å². The fraction of sp³-hybridized carbons (Fsp3) is 0.810. The van der Waals surface area contributed by atoms with E-state index < -0.39 is 67.5 Å². The molecule has 31 heavy (non-hydrogen) atoms. The minimum absolute atomic E-state index is 0.333. The average Bonchev–Trinajstić information content (AvgIpc) is 3.00. The molecule has 0 aliphatic carbocycles. The lowest BCUT2D eigenvalue weighted by Gasteiger charge is -2.43. The molecule has 0 amide bonds. The van der Waals surface area contributed by atoms with Crippen molar-refractivity contribution in [2.45, 2.75) is 94.5 Å². The number of hydrogen-bond acceptors (Lipinski definition) is 10. The van der Waals surface area contributed by atoms with Crippen LogP contribution in [0.5, 0.6) is 0 Å². The molecule has 180 valence electrons. The molecule has 0 radical (unpaired) electrons. The van der Waals surface area contributed by atoms with Crippen molar-refractivity contribution in [1.82, 2.24) is 0 Å². The summed E-state index contributed by atoms with van der Waals surface area (Å²) in [7, 11) is 0. The summed E-state index contributed by atoms with van der Waals surface area (Å²) in [5, 5.41) is 59.8. The first kappa shape index (κ1) is 26.3. The van der Waals surface area contributed by atoms with Gasteiger partial charge in [-0.2, -0.15) is 0 Å². The topological polar surface area (TPSA) is 158 Å². The zero-order valence-electron chi connectivity index (χ0n) is 18.2. The third-order valence-corrected chi connectivity index (χ3v) is 5.60. The normalized spacial score (nSPS) is 40.4. The van der Waals surface area contributed by atoms with E-state index in [0.29, 0.717) is 12.8 Å². The lowest BCUT2D eigenvalue weighted by molar-refractivity contribution is -0.326. The molecule has 10 nitrogen and oxygen atoms in total. The number of hydrogen-bond donors (Lipinski definition) is 6. The van der Waals surface area contributed by atoms with Gasteiger partial charge in [0.1, 0.15) is 42.7 Å². The molecule has 0 aromatic heterocycles. The van der Waals surface area contributed by atoms with Crippen LogP contribution in [0.25, 0.3) is 0 Å². The van der Waals surface area contributed by atoms with Gasteiger partial charge in [-0.15, -0.1) is 6.58 Å². The quantitative estimate of drug-likeness (QED) is 0.228. The van der Waals surface area contributed by atoms with E-state index in [9.17, 15) is 25.5 Å². The maximum atomic E-state index is 10.3. The minimum Gasteiger partial charge on any atom is -0.394 e. The largest absolute Gasteiger partial charge is 0.394 e. The molecule has 2 fully saturated rings. The van der Waals surface area contributed by atoms with Crippen molar-refractivity contribution in [2.75, 3.05) is 13.2 Å². The molecule has 10 atom stereocenters. The standard InChI is InChI=1S/C21H36O10/c1-5-21(4,8-6-7-11(2)3)31-20-18(27)16(25)15(24)13(30-20)10-28-19-17(26)14(23)12(9-22)29-19/h5,7,12-20,22-27H,1,6,8-10H2,2-4H3/t12-,13+,14-,15+,16-,17+,18+,19+,20-,21-/m0/s1. The number of allylic oxidation sites excluding steroid dienone is 2. The predicted octanol–water partition coefficient (Wildman–Crippen LogP) is -1.04. The lowest BCUT2D eigenvalue weighted by atomic mass is 9.96. The molecule has 0 saturated carbocycles. The van der Waals surface area contributed by atoms with Crippen LogP contribution in [0.15, 0.2) is 24.3 Å². The third kappa shape index (κ3) is 6.55. The molecule has 6 N–H and O–H groups in total. The molecule has 0 aromatic rings. The van der Waals surface area contributed by atoms with Gasteiger partial charge in [-0.1, -0.05) is 17.7 Å². The molecule has 0 unspecified atom stereocenters. The van der Waals surface area contributed by atoms with Gasteiger partial charge < -0.3 is 49.6 Å². The summed E-state index contributed by atoms with van der Waals surface area (Å²) in [5.41, 5.74) is 0.287. The highest BCUT2D eigenvalue weighted by atomic mass is 16.7. The predicted molar refractivity (Wildman–Crippen MR) is 109 cm³/mol. The van der Waals surface area contributed by atoms with Crippen LogP contribution in [-0.4, -0.2) is 105 Å². The average molecular weight is 449 g/mol. The van der Waals surface area contributed by atoms with Crippen LogP contribution in [0, 0.1) is 0 Å². The van der Waals surface area contributed by atoms with E-state index in [1.807, 2.05) is 19.9 Å². The molecule has 10 heteroatoms. The van der Waals surface area contributed by atoms with Crippen molar-refractivity contribution >= 4 is 0 Å². The Kier molecular flexibility index (Phi) is 9.58. The molecule has 2 heterocycles. The second-order valence-electron chi connectivity index (χ2n) is 8.51. The van der Waals surface area contributed by atoms with Crippen molar-refractivity contribution < 1.29 is 49.6 Å². The van der Waals surface area contributed by atoms with Gasteiger partial charge in [0, 0.05) is 0 Å². The van der Waals surface area contributed by atoms with Crippen LogP contribution in [0.3, 0.4) is 0 Å². The second kappa shape index (κ2) is 11.3. The Hall–Kier alpha value is -0.920. The van der Waals surface area contributed by atoms with Crippen molar-refractivity contribution in [3.05, 3.63) is 24.3 Å². The maximum absolute atomic E-state index is 10.3. The maximum Gasteiger partial charge on any atom is 0.187 e. The Morgan fingerprint density at radius 1 is 0.935 bits per heavy atom. The summed E-state index contributed by atoms with van der Waals surface area (Å²) in [6.45, 7) is 8.68. The second-order valence-corrected chi connectivity index (χ2v) is 8.51. The van der Waals surface area contributed by atoms with Crippen LogP contribution < -0.4 is 0 Å². The van der Waals surface area contributed by atoms with E-state index in [1.54, 1.807) is 13.0 Å². The highest BCUT2D eigenvalue weighted by Gasteiger charge is 2.48. The number of aliphatic hydroxyl groups excluding tert-OH is 6. The summed E-state index contributed by atoms with van der Waals surface area (Å²) < 4.78 is 22.2. The Bertz CT molecular complexity index is 609. The molecule has 0 aromatic carbocycles. The van der Waals surface area contributed by atoms with E-state index in [2.05, 4.69) is 6.58 Å². The molecular formula is C21H36O10. The highest BCUT2D eigenvalue weighted by molar-refractivity contribution is 5.00. The van der Waals surface area contributed by atoms with E-state index in [4.69, 9.17) is 24.1 Å². The SMILES string of the molecule is C=C[C@@](C)(CCC=C(C)C)O[C@@H]1O[C@H](CO[C@@H]2O[C@@H](CO)[C@H](O)[C@H]2O)[C@@H](O)[C@H](O)[C@H]1O. The summed E-state index contributed by atoms with van der Waals surface area (Å²) in [4.78, 5) is 0. The van der Waals surface area contributed by atoms with Gasteiger partial charge in [0.2, 0.25) is 0 Å². The number of aliphatic hydroxyl groups is 6. The zero-order chi connectivity index (χ0) is 23.3. The fourth-order valence-electron chi connectivity index (χ4n) is 3.47. The first-order chi connectivity index (χ1) is 14.5. The van der Waals surface area contributed by atoms with Gasteiger partial charge in [-0.25, -0.2) is 0 Å². The van der Waals surface area contributed by atoms with Gasteiger partial charge in [0.15, 0.2) is 12.6 Å². The highest BCUT2D eigenvalue weighted by Crippen LogP contribution is 2.30. The third-order valence-electron chi connectivity index (χ3n) is 5.60. The summed E-state index contributed by atoms with van der Waals surface area (Å²) >= 11 is 0.